The Hall–Kier alpha value is -1.31. The molecule has 0 atom stereocenters. The minimum atomic E-state index is 0.0894. The van der Waals surface area contributed by atoms with Gasteiger partial charge in [0.25, 0.3) is 5.91 Å². The summed E-state index contributed by atoms with van der Waals surface area (Å²) in [7, 11) is 0. The van der Waals surface area contributed by atoms with Crippen molar-refractivity contribution in [1.82, 2.24) is 5.32 Å². The lowest BCUT2D eigenvalue weighted by Gasteiger charge is -2.26. The summed E-state index contributed by atoms with van der Waals surface area (Å²) in [5.41, 5.74) is 2.12. The van der Waals surface area contributed by atoms with Crippen molar-refractivity contribution in [1.29, 1.82) is 0 Å². The number of rotatable bonds is 5. The van der Waals surface area contributed by atoms with Crippen LogP contribution in [0.25, 0.3) is 0 Å². The first-order valence-corrected chi connectivity index (χ1v) is 8.09. The van der Waals surface area contributed by atoms with Crippen LogP contribution in [0.1, 0.15) is 68.3 Å². The average molecular weight is 273 g/mol. The second-order valence-corrected chi connectivity index (χ2v) is 6.23. The van der Waals surface area contributed by atoms with Crippen molar-refractivity contribution in [3.63, 3.8) is 0 Å². The highest BCUT2D eigenvalue weighted by atomic mass is 16.1. The van der Waals surface area contributed by atoms with E-state index in [2.05, 4.69) is 31.3 Å². The molecule has 0 heterocycles. The number of amides is 1. The summed E-state index contributed by atoms with van der Waals surface area (Å²) >= 11 is 0. The molecule has 1 N–H and O–H groups in total. The SMILES string of the molecule is CCCCc1ccc(C(=O)NC2CCC(C)CC2)cc1. The van der Waals surface area contributed by atoms with Crippen molar-refractivity contribution in [3.05, 3.63) is 35.4 Å². The molecule has 2 heteroatoms. The van der Waals surface area contributed by atoms with Crippen LogP contribution in [0.4, 0.5) is 0 Å². The molecule has 0 unspecified atom stereocenters. The molecule has 1 amide bonds. The van der Waals surface area contributed by atoms with Crippen molar-refractivity contribution in [2.75, 3.05) is 0 Å². The van der Waals surface area contributed by atoms with Crippen LogP contribution < -0.4 is 5.32 Å². The quantitative estimate of drug-likeness (QED) is 0.849. The van der Waals surface area contributed by atoms with E-state index in [9.17, 15) is 4.79 Å². The van der Waals surface area contributed by atoms with Crippen molar-refractivity contribution < 1.29 is 4.79 Å². The zero-order valence-electron chi connectivity index (χ0n) is 12.8. The molecule has 0 saturated heterocycles. The van der Waals surface area contributed by atoms with Crippen molar-refractivity contribution in [3.8, 4) is 0 Å². The number of carbonyl (C=O) groups excluding carboxylic acids is 1. The number of aryl methyl sites for hydroxylation is 1. The average Bonchev–Trinajstić information content (AvgIpc) is 2.48. The van der Waals surface area contributed by atoms with Gasteiger partial charge < -0.3 is 5.32 Å². The van der Waals surface area contributed by atoms with E-state index in [1.807, 2.05) is 12.1 Å². The number of hydrogen-bond donors (Lipinski definition) is 1. The Kier molecular flexibility index (Phi) is 5.63. The van der Waals surface area contributed by atoms with E-state index < -0.39 is 0 Å². The minimum Gasteiger partial charge on any atom is -0.349 e. The van der Waals surface area contributed by atoms with Gasteiger partial charge in [0.05, 0.1) is 0 Å². The fourth-order valence-electron chi connectivity index (χ4n) is 2.88. The van der Waals surface area contributed by atoms with E-state index in [1.54, 1.807) is 0 Å². The Labute approximate surface area is 123 Å². The summed E-state index contributed by atoms with van der Waals surface area (Å²) in [5, 5.41) is 3.18. The third-order valence-corrected chi connectivity index (χ3v) is 4.39. The highest BCUT2D eigenvalue weighted by Gasteiger charge is 2.20. The van der Waals surface area contributed by atoms with Crippen molar-refractivity contribution >= 4 is 5.91 Å². The maximum atomic E-state index is 12.2. The van der Waals surface area contributed by atoms with Gasteiger partial charge in [0.1, 0.15) is 0 Å². The summed E-state index contributed by atoms with van der Waals surface area (Å²) in [6.45, 7) is 4.50. The third-order valence-electron chi connectivity index (χ3n) is 4.39. The Morgan fingerprint density at radius 2 is 1.80 bits per heavy atom. The summed E-state index contributed by atoms with van der Waals surface area (Å²) in [4.78, 5) is 12.2. The van der Waals surface area contributed by atoms with Crippen LogP contribution in [0.3, 0.4) is 0 Å². The maximum absolute atomic E-state index is 12.2. The largest absolute Gasteiger partial charge is 0.349 e. The van der Waals surface area contributed by atoms with Gasteiger partial charge in [-0.2, -0.15) is 0 Å². The first-order valence-electron chi connectivity index (χ1n) is 8.09. The normalized spacial score (nSPS) is 22.5. The number of hydrogen-bond acceptors (Lipinski definition) is 1. The highest BCUT2D eigenvalue weighted by molar-refractivity contribution is 5.94. The highest BCUT2D eigenvalue weighted by Crippen LogP contribution is 2.23. The number of benzene rings is 1. The van der Waals surface area contributed by atoms with Gasteiger partial charge in [0.15, 0.2) is 0 Å². The lowest BCUT2D eigenvalue weighted by molar-refractivity contribution is 0.0923. The molecule has 0 aromatic heterocycles. The van der Waals surface area contributed by atoms with Crippen LogP contribution in [0.15, 0.2) is 24.3 Å². The zero-order chi connectivity index (χ0) is 14.4. The molecule has 0 bridgehead atoms. The van der Waals surface area contributed by atoms with E-state index in [4.69, 9.17) is 0 Å². The molecular formula is C18H27NO. The van der Waals surface area contributed by atoms with Crippen molar-refractivity contribution in [2.24, 2.45) is 5.92 Å². The van der Waals surface area contributed by atoms with E-state index >= 15 is 0 Å². The second-order valence-electron chi connectivity index (χ2n) is 6.23. The lowest BCUT2D eigenvalue weighted by Crippen LogP contribution is -2.37. The predicted molar refractivity (Wildman–Crippen MR) is 83.9 cm³/mol. The molecule has 1 aromatic rings. The number of carbonyl (C=O) groups is 1. The molecule has 1 aromatic carbocycles. The maximum Gasteiger partial charge on any atom is 0.251 e. The summed E-state index contributed by atoms with van der Waals surface area (Å²) in [5.74, 6) is 0.910. The Morgan fingerprint density at radius 3 is 2.40 bits per heavy atom. The van der Waals surface area contributed by atoms with Gasteiger partial charge in [-0.05, 0) is 62.1 Å². The van der Waals surface area contributed by atoms with Crippen LogP contribution in [0.5, 0.6) is 0 Å². The molecule has 110 valence electrons. The first-order chi connectivity index (χ1) is 9.69. The van der Waals surface area contributed by atoms with E-state index in [0.717, 1.165) is 30.7 Å². The molecule has 1 aliphatic rings. The van der Waals surface area contributed by atoms with Crippen LogP contribution in [0, 0.1) is 5.92 Å². The Bertz CT molecular complexity index is 416. The lowest BCUT2D eigenvalue weighted by atomic mass is 9.87. The van der Waals surface area contributed by atoms with Crippen LogP contribution in [-0.4, -0.2) is 11.9 Å². The van der Waals surface area contributed by atoms with Crippen LogP contribution >= 0.6 is 0 Å². The predicted octanol–water partition coefficient (Wildman–Crippen LogP) is 4.34. The molecule has 20 heavy (non-hydrogen) atoms. The second kappa shape index (κ2) is 7.47. The summed E-state index contributed by atoms with van der Waals surface area (Å²) in [6.07, 6.45) is 8.26. The van der Waals surface area contributed by atoms with E-state index in [-0.39, 0.29) is 5.91 Å². The first kappa shape index (κ1) is 15.1. The number of nitrogens with one attached hydrogen (secondary N) is 1. The zero-order valence-corrected chi connectivity index (χ0v) is 12.8. The molecule has 1 fully saturated rings. The van der Waals surface area contributed by atoms with Gasteiger partial charge in [-0.1, -0.05) is 32.4 Å². The van der Waals surface area contributed by atoms with Crippen LogP contribution in [-0.2, 0) is 6.42 Å². The molecule has 2 nitrogen and oxygen atoms in total. The van der Waals surface area contributed by atoms with Gasteiger partial charge in [0.2, 0.25) is 0 Å². The fraction of sp³-hybridized carbons (Fsp3) is 0.611. The molecule has 0 spiro atoms. The molecular weight excluding hydrogens is 246 g/mol. The number of unbranched alkanes of at least 4 members (excludes halogenated alkanes) is 1. The van der Waals surface area contributed by atoms with Gasteiger partial charge >= 0.3 is 0 Å². The fourth-order valence-corrected chi connectivity index (χ4v) is 2.88. The Morgan fingerprint density at radius 1 is 1.15 bits per heavy atom. The van der Waals surface area contributed by atoms with Crippen LogP contribution in [0.2, 0.25) is 0 Å². The van der Waals surface area contributed by atoms with Gasteiger partial charge in [-0.15, -0.1) is 0 Å². The summed E-state index contributed by atoms with van der Waals surface area (Å²) < 4.78 is 0. The van der Waals surface area contributed by atoms with E-state index in [0.29, 0.717) is 6.04 Å². The third kappa shape index (κ3) is 4.36. The standard InChI is InChI=1S/C18H27NO/c1-3-4-5-15-8-10-16(11-9-15)18(20)19-17-12-6-14(2)7-13-17/h8-11,14,17H,3-7,12-13H2,1-2H3,(H,19,20). The van der Waals surface area contributed by atoms with Gasteiger partial charge in [-0.25, -0.2) is 0 Å². The summed E-state index contributed by atoms with van der Waals surface area (Å²) in [6, 6.07) is 8.48. The topological polar surface area (TPSA) is 29.1 Å². The van der Waals surface area contributed by atoms with Crippen molar-refractivity contribution in [2.45, 2.75) is 64.8 Å². The smallest absolute Gasteiger partial charge is 0.251 e. The van der Waals surface area contributed by atoms with Gasteiger partial charge in [0, 0.05) is 11.6 Å². The molecule has 1 saturated carbocycles. The minimum absolute atomic E-state index is 0.0894. The molecule has 0 aliphatic heterocycles. The Balaban J connectivity index is 1.85. The molecule has 1 aliphatic carbocycles. The van der Waals surface area contributed by atoms with E-state index in [1.165, 1.54) is 31.2 Å². The van der Waals surface area contributed by atoms with Gasteiger partial charge in [-0.3, -0.25) is 4.79 Å². The molecule has 0 radical (unpaired) electrons. The molecule has 2 rings (SSSR count). The monoisotopic (exact) mass is 273 g/mol.